The van der Waals surface area contributed by atoms with Gasteiger partial charge in [-0.05, 0) is 36.5 Å². The number of carboxylic acid groups (broad SMARTS) is 1. The van der Waals surface area contributed by atoms with E-state index >= 15 is 0 Å². The van der Waals surface area contributed by atoms with Crippen LogP contribution >= 0.6 is 23.8 Å². The number of amides is 2. The summed E-state index contributed by atoms with van der Waals surface area (Å²) in [4.78, 5) is 34.1. The number of halogens is 1. The zero-order valence-electron chi connectivity index (χ0n) is 10.9. The van der Waals surface area contributed by atoms with Crippen LogP contribution in [-0.4, -0.2) is 34.6 Å². The molecule has 3 N–H and O–H groups in total. The molecule has 1 fully saturated rings. The summed E-state index contributed by atoms with van der Waals surface area (Å²) in [7, 11) is 0. The summed E-state index contributed by atoms with van der Waals surface area (Å²) in [5.41, 5.74) is 0.0953. The van der Waals surface area contributed by atoms with E-state index in [1.165, 1.54) is 24.3 Å². The maximum Gasteiger partial charge on any atom is 0.341 e. The Balaban J connectivity index is 2.38. The largest absolute Gasteiger partial charge is 0.481 e. The molecular weight excluding hydrogens is 332 g/mol. The van der Waals surface area contributed by atoms with Crippen LogP contribution in [0.1, 0.15) is 5.56 Å². The minimum absolute atomic E-state index is 0.0828. The summed E-state index contributed by atoms with van der Waals surface area (Å²) < 4.78 is 5.09. The predicted molar refractivity (Wildman–Crippen MR) is 81.4 cm³/mol. The van der Waals surface area contributed by atoms with Gasteiger partial charge in [-0.15, -0.1) is 0 Å². The van der Waals surface area contributed by atoms with Crippen molar-refractivity contribution >= 4 is 52.8 Å². The van der Waals surface area contributed by atoms with Gasteiger partial charge in [0.2, 0.25) is 0 Å². The molecule has 1 aromatic carbocycles. The molecule has 2 amide bonds. The second-order valence-electron chi connectivity index (χ2n) is 4.16. The van der Waals surface area contributed by atoms with Crippen molar-refractivity contribution < 1.29 is 24.2 Å². The van der Waals surface area contributed by atoms with Crippen LogP contribution in [0.4, 0.5) is 0 Å². The number of hydrogen-bond acceptors (Lipinski definition) is 5. The van der Waals surface area contributed by atoms with Crippen molar-refractivity contribution in [3.05, 3.63) is 34.4 Å². The minimum Gasteiger partial charge on any atom is -0.481 e. The lowest BCUT2D eigenvalue weighted by Gasteiger charge is -2.17. The molecule has 7 nitrogen and oxygen atoms in total. The zero-order valence-corrected chi connectivity index (χ0v) is 12.5. The molecule has 0 atom stereocenters. The molecule has 1 saturated heterocycles. The van der Waals surface area contributed by atoms with Gasteiger partial charge >= 0.3 is 5.97 Å². The minimum atomic E-state index is -1.16. The molecule has 9 heteroatoms. The van der Waals surface area contributed by atoms with Crippen molar-refractivity contribution in [3.63, 3.8) is 0 Å². The average molecular weight is 341 g/mol. The fourth-order valence-corrected chi connectivity index (χ4v) is 2.03. The van der Waals surface area contributed by atoms with Crippen LogP contribution in [-0.2, 0) is 14.4 Å². The van der Waals surface area contributed by atoms with E-state index in [0.717, 1.165) is 0 Å². The number of carboxylic acids is 1. The Labute approximate surface area is 134 Å². The Morgan fingerprint density at radius 1 is 1.32 bits per heavy atom. The molecule has 0 unspecified atom stereocenters. The maximum atomic E-state index is 11.8. The monoisotopic (exact) mass is 340 g/mol. The summed E-state index contributed by atoms with van der Waals surface area (Å²) in [5, 5.41) is 13.5. The van der Waals surface area contributed by atoms with E-state index in [0.29, 0.717) is 10.6 Å². The van der Waals surface area contributed by atoms with Gasteiger partial charge in [-0.25, -0.2) is 4.79 Å². The highest BCUT2D eigenvalue weighted by molar-refractivity contribution is 7.80. The standard InChI is InChI=1S/C13H9ClN2O5S/c14-7-1-2-9(21-5-10(17)18)6(3-7)4-8-11(19)15-13(22)16-12(8)20/h1-4H,5H2,(H,17,18)(H2,15,16,19,20,22). The normalized spacial score (nSPS) is 14.2. The third kappa shape index (κ3) is 3.80. The molecule has 0 bridgehead atoms. The van der Waals surface area contributed by atoms with Gasteiger partial charge in [-0.2, -0.15) is 0 Å². The van der Waals surface area contributed by atoms with Crippen LogP contribution in [0.5, 0.6) is 5.75 Å². The van der Waals surface area contributed by atoms with Gasteiger partial charge < -0.3 is 9.84 Å². The van der Waals surface area contributed by atoms with E-state index in [4.69, 9.17) is 33.7 Å². The first-order valence-corrected chi connectivity index (χ1v) is 6.68. The Kier molecular flexibility index (Phi) is 4.74. The third-order valence-electron chi connectivity index (χ3n) is 2.57. The van der Waals surface area contributed by atoms with Crippen molar-refractivity contribution in [2.75, 3.05) is 6.61 Å². The summed E-state index contributed by atoms with van der Waals surface area (Å²) >= 11 is 10.6. The first-order chi connectivity index (χ1) is 10.4. The molecule has 0 aromatic heterocycles. The van der Waals surface area contributed by atoms with E-state index in [9.17, 15) is 14.4 Å². The summed E-state index contributed by atoms with van der Waals surface area (Å²) in [6.07, 6.45) is 1.25. The van der Waals surface area contributed by atoms with E-state index in [-0.39, 0.29) is 16.4 Å². The molecule has 2 rings (SSSR count). The van der Waals surface area contributed by atoms with Gasteiger partial charge in [0.05, 0.1) is 0 Å². The molecule has 1 heterocycles. The number of ether oxygens (including phenoxy) is 1. The van der Waals surface area contributed by atoms with Crippen molar-refractivity contribution in [1.82, 2.24) is 10.6 Å². The fraction of sp³-hybridized carbons (Fsp3) is 0.0769. The van der Waals surface area contributed by atoms with E-state index in [1.54, 1.807) is 0 Å². The molecule has 114 valence electrons. The molecule has 1 aromatic rings. The van der Waals surface area contributed by atoms with Crippen molar-refractivity contribution in [3.8, 4) is 5.75 Å². The number of rotatable bonds is 4. The van der Waals surface area contributed by atoms with Gasteiger partial charge in [0.25, 0.3) is 11.8 Å². The number of aliphatic carboxylic acids is 1. The molecule has 1 aliphatic heterocycles. The summed E-state index contributed by atoms with van der Waals surface area (Å²) in [6, 6.07) is 4.39. The predicted octanol–water partition coefficient (Wildman–Crippen LogP) is 0.718. The van der Waals surface area contributed by atoms with Gasteiger partial charge in [-0.1, -0.05) is 11.6 Å². The zero-order chi connectivity index (χ0) is 16.3. The van der Waals surface area contributed by atoms with Gasteiger partial charge in [0.15, 0.2) is 11.7 Å². The molecule has 1 aliphatic rings. The fourth-order valence-electron chi connectivity index (χ4n) is 1.66. The van der Waals surface area contributed by atoms with Crippen LogP contribution in [0.3, 0.4) is 0 Å². The molecule has 22 heavy (non-hydrogen) atoms. The topological polar surface area (TPSA) is 105 Å². The second-order valence-corrected chi connectivity index (χ2v) is 5.00. The van der Waals surface area contributed by atoms with Crippen LogP contribution in [0, 0.1) is 0 Å². The number of nitrogens with one attached hydrogen (secondary N) is 2. The quantitative estimate of drug-likeness (QED) is 0.424. The highest BCUT2D eigenvalue weighted by Gasteiger charge is 2.26. The number of carbonyl (C=O) groups excluding carboxylic acids is 2. The highest BCUT2D eigenvalue weighted by Crippen LogP contribution is 2.25. The third-order valence-corrected chi connectivity index (χ3v) is 3.01. The van der Waals surface area contributed by atoms with Crippen LogP contribution in [0.2, 0.25) is 5.02 Å². The van der Waals surface area contributed by atoms with Crippen LogP contribution in [0.15, 0.2) is 23.8 Å². The maximum absolute atomic E-state index is 11.8. The van der Waals surface area contributed by atoms with Crippen LogP contribution in [0.25, 0.3) is 6.08 Å². The smallest absolute Gasteiger partial charge is 0.341 e. The highest BCUT2D eigenvalue weighted by atomic mass is 35.5. The van der Waals surface area contributed by atoms with Gasteiger partial charge in [-0.3, -0.25) is 20.2 Å². The second kappa shape index (κ2) is 6.54. The lowest BCUT2D eigenvalue weighted by molar-refractivity contribution is -0.139. The van der Waals surface area contributed by atoms with Crippen molar-refractivity contribution in [2.45, 2.75) is 0 Å². The lowest BCUT2D eigenvalue weighted by atomic mass is 10.1. The summed E-state index contributed by atoms with van der Waals surface area (Å²) in [5.74, 6) is -2.32. The molecule has 0 radical (unpaired) electrons. The summed E-state index contributed by atoms with van der Waals surface area (Å²) in [6.45, 7) is -0.569. The van der Waals surface area contributed by atoms with Crippen LogP contribution < -0.4 is 15.4 Å². The van der Waals surface area contributed by atoms with E-state index < -0.39 is 24.4 Å². The van der Waals surface area contributed by atoms with Crippen molar-refractivity contribution in [1.29, 1.82) is 0 Å². The van der Waals surface area contributed by atoms with E-state index in [2.05, 4.69) is 10.6 Å². The number of benzene rings is 1. The first-order valence-electron chi connectivity index (χ1n) is 5.89. The lowest BCUT2D eigenvalue weighted by Crippen LogP contribution is -2.51. The Bertz CT molecular complexity index is 694. The first kappa shape index (κ1) is 15.9. The Hall–Kier alpha value is -2.45. The number of hydrogen-bond donors (Lipinski definition) is 3. The molecular formula is C13H9ClN2O5S. The molecule has 0 spiro atoms. The number of thiocarbonyl (C=S) groups is 1. The number of carbonyl (C=O) groups is 3. The SMILES string of the molecule is O=C(O)COc1ccc(Cl)cc1C=C1C(=O)NC(=S)NC1=O. The Morgan fingerprint density at radius 3 is 2.55 bits per heavy atom. The van der Waals surface area contributed by atoms with Gasteiger partial charge in [0.1, 0.15) is 11.3 Å². The Morgan fingerprint density at radius 2 is 1.95 bits per heavy atom. The van der Waals surface area contributed by atoms with E-state index in [1.807, 2.05) is 0 Å². The molecule has 0 aliphatic carbocycles. The van der Waals surface area contributed by atoms with Gasteiger partial charge in [0, 0.05) is 10.6 Å². The van der Waals surface area contributed by atoms with Crippen molar-refractivity contribution in [2.24, 2.45) is 0 Å². The average Bonchev–Trinajstić information content (AvgIpc) is 2.41. The molecule has 0 saturated carbocycles.